The van der Waals surface area contributed by atoms with Crippen LogP contribution >= 0.6 is 12.2 Å². The molecule has 0 aliphatic rings. The highest BCUT2D eigenvalue weighted by Gasteiger charge is 2.27. The van der Waals surface area contributed by atoms with Gasteiger partial charge in [0.15, 0.2) is 10.6 Å². The number of aromatic nitrogens is 1. The number of rotatable bonds is 7. The van der Waals surface area contributed by atoms with Crippen LogP contribution in [0.25, 0.3) is 11.1 Å². The van der Waals surface area contributed by atoms with E-state index in [0.29, 0.717) is 5.58 Å². The highest BCUT2D eigenvalue weighted by molar-refractivity contribution is 7.80. The summed E-state index contributed by atoms with van der Waals surface area (Å²) >= 11 is 4.77. The fourth-order valence-electron chi connectivity index (χ4n) is 2.99. The van der Waals surface area contributed by atoms with E-state index in [0.717, 1.165) is 30.3 Å². The van der Waals surface area contributed by atoms with Gasteiger partial charge in [-0.15, -0.1) is 0 Å². The Morgan fingerprint density at radius 3 is 2.35 bits per heavy atom. The van der Waals surface area contributed by atoms with E-state index in [2.05, 4.69) is 25.8 Å². The lowest BCUT2D eigenvalue weighted by molar-refractivity contribution is -0.137. The Hall–Kier alpha value is -1.95. The van der Waals surface area contributed by atoms with Crippen molar-refractivity contribution >= 4 is 34.3 Å². The molecule has 0 radical (unpaired) electrons. The first-order valence-corrected chi connectivity index (χ1v) is 8.22. The number of hydrogen-bond donors (Lipinski definition) is 2. The highest BCUT2D eigenvalue weighted by Crippen LogP contribution is 2.31. The summed E-state index contributed by atoms with van der Waals surface area (Å²) in [6.45, 7) is 6.26. The van der Waals surface area contributed by atoms with Crippen LogP contribution in [-0.2, 0) is 24.1 Å². The molecule has 0 bridgehead atoms. The van der Waals surface area contributed by atoms with Crippen LogP contribution in [0.1, 0.15) is 55.7 Å². The largest absolute Gasteiger partial charge is 0.501 e. The van der Waals surface area contributed by atoms with Gasteiger partial charge in [0.25, 0.3) is 0 Å². The number of aliphatic hydroxyl groups excluding tert-OH is 1. The Kier molecular flexibility index (Phi) is 5.36. The molecule has 0 aliphatic heterocycles. The Morgan fingerprint density at radius 1 is 1.22 bits per heavy atom. The summed E-state index contributed by atoms with van der Waals surface area (Å²) in [5.41, 5.74) is 4.96. The van der Waals surface area contributed by atoms with Crippen LogP contribution in [0.15, 0.2) is 10.5 Å². The van der Waals surface area contributed by atoms with Gasteiger partial charge in [0.05, 0.1) is 6.42 Å². The third-order valence-electron chi connectivity index (χ3n) is 4.08. The number of carboxylic acid groups (broad SMARTS) is 1. The molecule has 124 valence electrons. The van der Waals surface area contributed by atoms with Gasteiger partial charge in [-0.2, -0.15) is 0 Å². The number of benzene rings is 1. The third-order valence-corrected chi connectivity index (χ3v) is 4.36. The minimum atomic E-state index is -1.06. The van der Waals surface area contributed by atoms with E-state index in [1.54, 1.807) is 0 Å². The van der Waals surface area contributed by atoms with Crippen molar-refractivity contribution in [2.75, 3.05) is 0 Å². The molecular weight excluding hydrogens is 314 g/mol. The summed E-state index contributed by atoms with van der Waals surface area (Å²) in [7, 11) is 0. The van der Waals surface area contributed by atoms with E-state index in [-0.39, 0.29) is 12.3 Å². The highest BCUT2D eigenvalue weighted by atomic mass is 32.1. The second-order valence-electron chi connectivity index (χ2n) is 5.44. The van der Waals surface area contributed by atoms with Gasteiger partial charge in [0.2, 0.25) is 5.89 Å². The minimum absolute atomic E-state index is 0.167. The zero-order chi connectivity index (χ0) is 17.1. The second kappa shape index (κ2) is 7.08. The van der Waals surface area contributed by atoms with Gasteiger partial charge in [0.1, 0.15) is 11.4 Å². The summed E-state index contributed by atoms with van der Waals surface area (Å²) in [6.07, 6.45) is 2.26. The minimum Gasteiger partial charge on any atom is -0.501 e. The number of fused-ring (bicyclic) bond motifs is 1. The van der Waals surface area contributed by atoms with Crippen LogP contribution < -0.4 is 0 Å². The maximum Gasteiger partial charge on any atom is 0.304 e. The number of oxazole rings is 1. The van der Waals surface area contributed by atoms with Crippen molar-refractivity contribution in [1.82, 2.24) is 4.98 Å². The van der Waals surface area contributed by atoms with Crippen molar-refractivity contribution in [2.24, 2.45) is 0 Å². The maximum atomic E-state index is 11.0. The Bertz CT molecular complexity index is 751. The van der Waals surface area contributed by atoms with Gasteiger partial charge in [0, 0.05) is 0 Å². The van der Waals surface area contributed by atoms with Crippen LogP contribution in [0, 0.1) is 0 Å². The molecular formula is C17H21NO4S. The average molecular weight is 335 g/mol. The zero-order valence-electron chi connectivity index (χ0n) is 13.5. The van der Waals surface area contributed by atoms with Gasteiger partial charge in [-0.3, -0.25) is 4.79 Å². The van der Waals surface area contributed by atoms with Gasteiger partial charge in [-0.1, -0.05) is 20.8 Å². The fourth-order valence-corrected chi connectivity index (χ4v) is 3.17. The molecule has 0 saturated carbocycles. The van der Waals surface area contributed by atoms with Gasteiger partial charge in [-0.25, -0.2) is 4.98 Å². The molecule has 0 fully saturated rings. The van der Waals surface area contributed by atoms with Crippen LogP contribution in [-0.4, -0.2) is 26.2 Å². The van der Waals surface area contributed by atoms with E-state index >= 15 is 0 Å². The van der Waals surface area contributed by atoms with Crippen LogP contribution in [0.2, 0.25) is 0 Å². The lowest BCUT2D eigenvalue weighted by Crippen LogP contribution is -2.14. The molecule has 2 N–H and O–H groups in total. The quantitative estimate of drug-likeness (QED) is 0.745. The number of nitrogens with zero attached hydrogens (tertiary/aromatic N) is 1. The first-order valence-electron chi connectivity index (χ1n) is 7.81. The van der Waals surface area contributed by atoms with Crippen molar-refractivity contribution in [2.45, 2.75) is 52.4 Å². The number of hydrogen-bond acceptors (Lipinski definition) is 4. The Morgan fingerprint density at radius 2 is 1.87 bits per heavy atom. The summed E-state index contributed by atoms with van der Waals surface area (Å²) in [5.74, 6) is -1.80. The topological polar surface area (TPSA) is 83.6 Å². The van der Waals surface area contributed by atoms with Crippen LogP contribution in [0.4, 0.5) is 0 Å². The number of aliphatic carboxylic acids is 1. The summed E-state index contributed by atoms with van der Waals surface area (Å²) in [5, 5.41) is 18.2. The smallest absolute Gasteiger partial charge is 0.304 e. The number of aryl methyl sites for hydroxylation is 2. The molecule has 5 nitrogen and oxygen atoms in total. The van der Waals surface area contributed by atoms with E-state index in [1.165, 1.54) is 11.1 Å². The third kappa shape index (κ3) is 3.37. The van der Waals surface area contributed by atoms with Gasteiger partial charge >= 0.3 is 5.97 Å². The van der Waals surface area contributed by atoms with E-state index in [1.807, 2.05) is 6.07 Å². The molecule has 23 heavy (non-hydrogen) atoms. The van der Waals surface area contributed by atoms with Crippen LogP contribution in [0.3, 0.4) is 0 Å². The molecule has 0 saturated heterocycles. The molecule has 2 aromatic rings. The van der Waals surface area contributed by atoms with E-state index < -0.39 is 16.9 Å². The number of carboxylic acids is 1. The molecule has 1 atom stereocenters. The number of carbonyl (C=O) groups is 1. The Labute approximate surface area is 140 Å². The molecule has 1 aromatic heterocycles. The van der Waals surface area contributed by atoms with E-state index in [9.17, 15) is 9.90 Å². The molecule has 1 aromatic carbocycles. The van der Waals surface area contributed by atoms with E-state index in [4.69, 9.17) is 21.7 Å². The lowest BCUT2D eigenvalue weighted by atomic mass is 9.94. The molecule has 0 spiro atoms. The molecule has 1 heterocycles. The first-order chi connectivity index (χ1) is 10.9. The molecule has 0 amide bonds. The standard InChI is InChI=1S/C17H21NO4S/c1-4-9-7-13-15(11(6-3)10(9)5-2)18-16(22-13)12(17(21)23)8-14(19)20/h7,12H,4-6,8H2,1-3H3,(H,19,20)(H,21,23). The van der Waals surface area contributed by atoms with Crippen molar-refractivity contribution < 1.29 is 19.4 Å². The maximum absolute atomic E-state index is 11.0. The fraction of sp³-hybridized carbons (Fsp3) is 0.471. The summed E-state index contributed by atoms with van der Waals surface area (Å²) in [4.78, 5) is 15.5. The van der Waals surface area contributed by atoms with Crippen molar-refractivity contribution in [3.8, 4) is 0 Å². The molecule has 2 rings (SSSR count). The van der Waals surface area contributed by atoms with Crippen LogP contribution in [0.5, 0.6) is 0 Å². The predicted molar refractivity (Wildman–Crippen MR) is 92.4 cm³/mol. The van der Waals surface area contributed by atoms with Crippen molar-refractivity contribution in [1.29, 1.82) is 0 Å². The summed E-state index contributed by atoms with van der Waals surface area (Å²) < 4.78 is 5.75. The summed E-state index contributed by atoms with van der Waals surface area (Å²) in [6, 6.07) is 1.96. The second-order valence-corrected chi connectivity index (χ2v) is 5.86. The van der Waals surface area contributed by atoms with Crippen molar-refractivity contribution in [3.63, 3.8) is 0 Å². The predicted octanol–water partition coefficient (Wildman–Crippen LogP) is 3.96. The van der Waals surface area contributed by atoms with Gasteiger partial charge in [-0.05, 0) is 54.2 Å². The van der Waals surface area contributed by atoms with Gasteiger partial charge < -0.3 is 14.6 Å². The first kappa shape index (κ1) is 17.4. The van der Waals surface area contributed by atoms with Crippen molar-refractivity contribution in [3.05, 3.63) is 28.6 Å². The zero-order valence-corrected chi connectivity index (χ0v) is 14.4. The molecule has 0 aliphatic carbocycles. The molecule has 6 heteroatoms. The Balaban J connectivity index is 2.65. The number of thiocarbonyl (C=S) groups is 1. The SMILES string of the molecule is CCc1cc2oc(C(CC(=O)O)C(O)=S)nc2c(CC)c1CC. The number of aliphatic hydroxyl groups is 1. The average Bonchev–Trinajstić information content (AvgIpc) is 2.93. The normalized spacial score (nSPS) is 12.5. The lowest BCUT2D eigenvalue weighted by Gasteiger charge is -2.11. The molecule has 1 unspecified atom stereocenters. The monoisotopic (exact) mass is 335 g/mol.